The SMILES string of the molecule is COc1cc(N2CCC(N(C)C)CC2)ccc1Nc1ncc(Br)c(Nc2ccc3nccnc3c2NS(C)(=O)=O)n1. The monoisotopic (exact) mass is 641 g/mol. The van der Waals surface area contributed by atoms with E-state index in [4.69, 9.17) is 4.74 Å². The first-order valence-corrected chi connectivity index (χ1v) is 15.7. The van der Waals surface area contributed by atoms with Crippen LogP contribution in [0.5, 0.6) is 5.75 Å². The van der Waals surface area contributed by atoms with Crippen LogP contribution in [-0.4, -0.2) is 79.8 Å². The van der Waals surface area contributed by atoms with E-state index in [0.29, 0.717) is 50.4 Å². The fraction of sp³-hybridized carbons (Fsp3) is 0.333. The second-order valence-electron chi connectivity index (χ2n) is 9.99. The Hall–Kier alpha value is -3.75. The molecule has 1 aliphatic heterocycles. The van der Waals surface area contributed by atoms with Gasteiger partial charge in [-0.15, -0.1) is 0 Å². The molecule has 12 nitrogen and oxygen atoms in total. The molecule has 1 saturated heterocycles. The van der Waals surface area contributed by atoms with Crippen molar-refractivity contribution in [2.75, 3.05) is 60.8 Å². The molecule has 5 rings (SSSR count). The summed E-state index contributed by atoms with van der Waals surface area (Å²) in [7, 11) is 2.30. The maximum absolute atomic E-state index is 12.2. The zero-order valence-corrected chi connectivity index (χ0v) is 25.6. The van der Waals surface area contributed by atoms with Crippen LogP contribution in [0.25, 0.3) is 11.0 Å². The zero-order chi connectivity index (χ0) is 29.1. The summed E-state index contributed by atoms with van der Waals surface area (Å²) in [6.07, 6.45) is 7.97. The molecule has 0 radical (unpaired) electrons. The second-order valence-corrected chi connectivity index (χ2v) is 12.6. The highest BCUT2D eigenvalue weighted by Gasteiger charge is 2.22. The smallest absolute Gasteiger partial charge is 0.229 e. The Bertz CT molecular complexity index is 1660. The minimum absolute atomic E-state index is 0.269. The lowest BCUT2D eigenvalue weighted by Crippen LogP contribution is -2.41. The van der Waals surface area contributed by atoms with Gasteiger partial charge in [-0.1, -0.05) is 0 Å². The predicted octanol–water partition coefficient (Wildman–Crippen LogP) is 4.58. The first-order valence-electron chi connectivity index (χ1n) is 13.0. The van der Waals surface area contributed by atoms with E-state index in [2.05, 4.69) is 81.2 Å². The van der Waals surface area contributed by atoms with Gasteiger partial charge < -0.3 is 25.2 Å². The van der Waals surface area contributed by atoms with Gasteiger partial charge in [0.05, 0.1) is 40.4 Å². The van der Waals surface area contributed by atoms with Crippen LogP contribution in [0.15, 0.2) is 53.4 Å². The normalized spacial score (nSPS) is 14.3. The third-order valence-electron chi connectivity index (χ3n) is 6.92. The van der Waals surface area contributed by atoms with Crippen molar-refractivity contribution < 1.29 is 13.2 Å². The van der Waals surface area contributed by atoms with E-state index in [1.807, 2.05) is 12.1 Å². The fourth-order valence-corrected chi connectivity index (χ4v) is 5.68. The van der Waals surface area contributed by atoms with Gasteiger partial charge in [0.15, 0.2) is 0 Å². The average molecular weight is 643 g/mol. The number of hydrogen-bond donors (Lipinski definition) is 3. The quantitative estimate of drug-likeness (QED) is 0.237. The molecule has 0 bridgehead atoms. The van der Waals surface area contributed by atoms with Gasteiger partial charge in [-0.3, -0.25) is 14.7 Å². The summed E-state index contributed by atoms with van der Waals surface area (Å²) in [6.45, 7) is 1.97. The standard InChI is InChI=1S/C27H32BrN9O3S/c1-36(2)17-9-13-37(14-10-17)18-5-6-20(23(15-18)40-3)33-27-31-16-19(28)26(34-27)32-22-8-7-21-24(30-12-11-29-21)25(22)35-41(4,38)39/h5-8,11-12,15-17,35H,9-10,13-14H2,1-4H3,(H2,31,32,33,34). The van der Waals surface area contributed by atoms with E-state index < -0.39 is 10.0 Å². The van der Waals surface area contributed by atoms with Gasteiger partial charge in [-0.2, -0.15) is 4.98 Å². The van der Waals surface area contributed by atoms with E-state index in [-0.39, 0.29) is 5.69 Å². The fourth-order valence-electron chi connectivity index (χ4n) is 4.81. The lowest BCUT2D eigenvalue weighted by atomic mass is 10.0. The number of piperidine rings is 1. The highest BCUT2D eigenvalue weighted by atomic mass is 79.9. The topological polar surface area (TPSA) is 138 Å². The van der Waals surface area contributed by atoms with Gasteiger partial charge in [0, 0.05) is 49.5 Å². The number of methoxy groups -OCH3 is 1. The van der Waals surface area contributed by atoms with Gasteiger partial charge in [-0.25, -0.2) is 13.4 Å². The Morgan fingerprint density at radius 2 is 1.76 bits per heavy atom. The summed E-state index contributed by atoms with van der Waals surface area (Å²) >= 11 is 3.49. The van der Waals surface area contributed by atoms with Crippen LogP contribution in [-0.2, 0) is 10.0 Å². The number of aromatic nitrogens is 4. The van der Waals surface area contributed by atoms with Crippen molar-refractivity contribution >= 4 is 71.5 Å². The van der Waals surface area contributed by atoms with Crippen molar-refractivity contribution in [1.29, 1.82) is 0 Å². The molecule has 216 valence electrons. The summed E-state index contributed by atoms with van der Waals surface area (Å²) in [6, 6.07) is 10.1. The number of fused-ring (bicyclic) bond motifs is 1. The molecule has 2 aromatic carbocycles. The number of ether oxygens (including phenoxy) is 1. The van der Waals surface area contributed by atoms with Crippen LogP contribution in [0, 0.1) is 0 Å². The average Bonchev–Trinajstić information content (AvgIpc) is 2.95. The van der Waals surface area contributed by atoms with Gasteiger partial charge in [0.25, 0.3) is 0 Å². The van der Waals surface area contributed by atoms with Crippen molar-refractivity contribution in [2.45, 2.75) is 18.9 Å². The lowest BCUT2D eigenvalue weighted by molar-refractivity contribution is 0.249. The minimum atomic E-state index is -3.60. The second kappa shape index (κ2) is 12.0. The molecular formula is C27H32BrN9O3S. The Morgan fingerprint density at radius 3 is 2.46 bits per heavy atom. The number of rotatable bonds is 9. The summed E-state index contributed by atoms with van der Waals surface area (Å²) in [5.74, 6) is 1.42. The third-order valence-corrected chi connectivity index (χ3v) is 8.07. The molecular weight excluding hydrogens is 610 g/mol. The molecule has 0 unspecified atom stereocenters. The Morgan fingerprint density at radius 1 is 1.02 bits per heavy atom. The predicted molar refractivity (Wildman–Crippen MR) is 166 cm³/mol. The number of nitrogens with zero attached hydrogens (tertiary/aromatic N) is 6. The number of sulfonamides is 1. The summed E-state index contributed by atoms with van der Waals surface area (Å²) in [4.78, 5) is 22.3. The van der Waals surface area contributed by atoms with Crippen molar-refractivity contribution in [3.63, 3.8) is 0 Å². The lowest BCUT2D eigenvalue weighted by Gasteiger charge is -2.36. The highest BCUT2D eigenvalue weighted by molar-refractivity contribution is 9.10. The Balaban J connectivity index is 1.39. The number of halogens is 1. The molecule has 0 spiro atoms. The van der Waals surface area contributed by atoms with E-state index in [1.165, 1.54) is 6.20 Å². The maximum Gasteiger partial charge on any atom is 0.229 e. The first kappa shape index (κ1) is 28.8. The summed E-state index contributed by atoms with van der Waals surface area (Å²) in [5.41, 5.74) is 3.49. The van der Waals surface area contributed by atoms with E-state index >= 15 is 0 Å². The van der Waals surface area contributed by atoms with Crippen LogP contribution in [0.4, 0.5) is 34.5 Å². The molecule has 4 aromatic rings. The highest BCUT2D eigenvalue weighted by Crippen LogP contribution is 2.36. The molecule has 1 fully saturated rings. The molecule has 0 atom stereocenters. The zero-order valence-electron chi connectivity index (χ0n) is 23.2. The molecule has 3 N–H and O–H groups in total. The Labute approximate surface area is 247 Å². The number of benzene rings is 2. The Kier molecular flexibility index (Phi) is 8.42. The van der Waals surface area contributed by atoms with Crippen molar-refractivity contribution in [2.24, 2.45) is 0 Å². The van der Waals surface area contributed by atoms with E-state index in [0.717, 1.165) is 37.9 Å². The van der Waals surface area contributed by atoms with Crippen molar-refractivity contribution in [1.82, 2.24) is 24.8 Å². The summed E-state index contributed by atoms with van der Waals surface area (Å²) < 4.78 is 33.1. The van der Waals surface area contributed by atoms with Crippen LogP contribution in [0.2, 0.25) is 0 Å². The minimum Gasteiger partial charge on any atom is -0.494 e. The van der Waals surface area contributed by atoms with E-state index in [1.54, 1.807) is 31.6 Å². The molecule has 0 saturated carbocycles. The van der Waals surface area contributed by atoms with Crippen LogP contribution in [0.1, 0.15) is 12.8 Å². The van der Waals surface area contributed by atoms with Gasteiger partial charge in [0.1, 0.15) is 17.1 Å². The molecule has 1 aliphatic rings. The number of nitrogens with one attached hydrogen (secondary N) is 3. The van der Waals surface area contributed by atoms with E-state index in [9.17, 15) is 8.42 Å². The number of anilines is 6. The molecule has 0 amide bonds. The summed E-state index contributed by atoms with van der Waals surface area (Å²) in [5, 5.41) is 6.44. The first-order chi connectivity index (χ1) is 19.6. The molecule has 2 aromatic heterocycles. The third kappa shape index (κ3) is 6.77. The van der Waals surface area contributed by atoms with Crippen molar-refractivity contribution in [3.05, 3.63) is 53.4 Å². The molecule has 3 heterocycles. The molecule has 0 aliphatic carbocycles. The van der Waals surface area contributed by atoms with Gasteiger partial charge >= 0.3 is 0 Å². The van der Waals surface area contributed by atoms with Crippen LogP contribution < -0.4 is 25.0 Å². The van der Waals surface area contributed by atoms with Gasteiger partial charge in [0.2, 0.25) is 16.0 Å². The molecule has 14 heteroatoms. The number of hydrogen-bond acceptors (Lipinski definition) is 11. The largest absolute Gasteiger partial charge is 0.494 e. The molecule has 41 heavy (non-hydrogen) atoms. The van der Waals surface area contributed by atoms with Crippen LogP contribution >= 0.6 is 15.9 Å². The van der Waals surface area contributed by atoms with Crippen LogP contribution in [0.3, 0.4) is 0 Å². The van der Waals surface area contributed by atoms with Crippen molar-refractivity contribution in [3.8, 4) is 5.75 Å². The van der Waals surface area contributed by atoms with Gasteiger partial charge in [-0.05, 0) is 67.1 Å². The maximum atomic E-state index is 12.2.